The Morgan fingerprint density at radius 2 is 1.94 bits per heavy atom. The molecule has 1 heterocycles. The third kappa shape index (κ3) is 3.45. The lowest BCUT2D eigenvalue weighted by molar-refractivity contribution is 0.132. The number of hydrogen-bond acceptors (Lipinski definition) is 8. The minimum atomic E-state index is -0.796. The fourth-order valence-electron chi connectivity index (χ4n) is 1.37. The first kappa shape index (κ1) is 15.0. The van der Waals surface area contributed by atoms with E-state index in [9.17, 15) is 10.2 Å². The molecule has 0 unspecified atom stereocenters. The molecule has 0 aliphatic heterocycles. The van der Waals surface area contributed by atoms with Crippen LogP contribution in [0.4, 0.5) is 11.6 Å². The molecule has 1 rings (SSSR count). The van der Waals surface area contributed by atoms with Crippen molar-refractivity contribution in [1.82, 2.24) is 9.97 Å². The van der Waals surface area contributed by atoms with Gasteiger partial charge < -0.3 is 21.0 Å². The second-order valence-corrected chi connectivity index (χ2v) is 4.62. The molecular formula is C10H19N5O2S. The molecule has 0 aliphatic rings. The van der Waals surface area contributed by atoms with E-state index in [2.05, 4.69) is 20.7 Å². The van der Waals surface area contributed by atoms with Gasteiger partial charge >= 0.3 is 0 Å². The van der Waals surface area contributed by atoms with Gasteiger partial charge in [-0.2, -0.15) is 0 Å². The van der Waals surface area contributed by atoms with Crippen molar-refractivity contribution >= 4 is 23.4 Å². The quantitative estimate of drug-likeness (QED) is 0.204. The summed E-state index contributed by atoms with van der Waals surface area (Å²) in [6.07, 6.45) is 2.41. The SMILES string of the molecule is CCC(CO)(CO)Nc1cc(NN)nc(SC)n1. The molecule has 0 saturated carbocycles. The number of aliphatic hydroxyl groups is 2. The van der Waals surface area contributed by atoms with Crippen LogP contribution in [-0.4, -0.2) is 45.2 Å². The van der Waals surface area contributed by atoms with E-state index in [-0.39, 0.29) is 13.2 Å². The van der Waals surface area contributed by atoms with Crippen LogP contribution in [0.1, 0.15) is 13.3 Å². The van der Waals surface area contributed by atoms with Gasteiger partial charge in [0, 0.05) is 6.07 Å². The maximum atomic E-state index is 9.38. The summed E-state index contributed by atoms with van der Waals surface area (Å²) >= 11 is 1.38. The molecule has 18 heavy (non-hydrogen) atoms. The first-order chi connectivity index (χ1) is 8.62. The normalized spacial score (nSPS) is 11.4. The highest BCUT2D eigenvalue weighted by molar-refractivity contribution is 7.98. The van der Waals surface area contributed by atoms with Crippen molar-refractivity contribution in [1.29, 1.82) is 0 Å². The van der Waals surface area contributed by atoms with Crippen LogP contribution in [0.3, 0.4) is 0 Å². The highest BCUT2D eigenvalue weighted by Gasteiger charge is 2.27. The molecule has 1 aromatic rings. The van der Waals surface area contributed by atoms with Crippen LogP contribution in [0.5, 0.6) is 0 Å². The number of nitrogen functional groups attached to an aromatic ring is 1. The smallest absolute Gasteiger partial charge is 0.191 e. The number of anilines is 2. The maximum Gasteiger partial charge on any atom is 0.191 e. The number of rotatable bonds is 7. The molecule has 102 valence electrons. The first-order valence-corrected chi connectivity index (χ1v) is 6.75. The largest absolute Gasteiger partial charge is 0.394 e. The summed E-state index contributed by atoms with van der Waals surface area (Å²) in [7, 11) is 0. The van der Waals surface area contributed by atoms with Crippen molar-refractivity contribution < 1.29 is 10.2 Å². The van der Waals surface area contributed by atoms with Crippen molar-refractivity contribution in [2.24, 2.45) is 5.84 Å². The van der Waals surface area contributed by atoms with Crippen LogP contribution >= 0.6 is 11.8 Å². The molecule has 0 aromatic carbocycles. The van der Waals surface area contributed by atoms with E-state index >= 15 is 0 Å². The predicted octanol–water partition coefficient (Wildman–Crippen LogP) is 0.0294. The summed E-state index contributed by atoms with van der Waals surface area (Å²) in [5.41, 5.74) is 1.66. The third-order valence-corrected chi connectivity index (χ3v) is 3.26. The van der Waals surface area contributed by atoms with E-state index in [4.69, 9.17) is 5.84 Å². The van der Waals surface area contributed by atoms with E-state index in [1.807, 2.05) is 13.2 Å². The van der Waals surface area contributed by atoms with Crippen molar-refractivity contribution in [3.05, 3.63) is 6.07 Å². The molecule has 0 saturated heterocycles. The molecule has 0 amide bonds. The van der Waals surface area contributed by atoms with Crippen molar-refractivity contribution in [2.75, 3.05) is 30.2 Å². The Kier molecular flexibility index (Phi) is 5.60. The van der Waals surface area contributed by atoms with Crippen molar-refractivity contribution in [3.63, 3.8) is 0 Å². The molecule has 1 aromatic heterocycles. The van der Waals surface area contributed by atoms with Gasteiger partial charge in [0.05, 0.1) is 18.8 Å². The first-order valence-electron chi connectivity index (χ1n) is 5.52. The molecule has 0 bridgehead atoms. The average Bonchev–Trinajstić information content (AvgIpc) is 2.44. The minimum absolute atomic E-state index is 0.190. The number of nitrogens with zero attached hydrogens (tertiary/aromatic N) is 2. The lowest BCUT2D eigenvalue weighted by Crippen LogP contribution is -2.45. The monoisotopic (exact) mass is 273 g/mol. The summed E-state index contributed by atoms with van der Waals surface area (Å²) in [4.78, 5) is 8.38. The zero-order chi connectivity index (χ0) is 13.6. The molecule has 6 N–H and O–H groups in total. The number of aromatic nitrogens is 2. The van der Waals surface area contributed by atoms with Gasteiger partial charge in [-0.25, -0.2) is 15.8 Å². The molecule has 0 radical (unpaired) electrons. The summed E-state index contributed by atoms with van der Waals surface area (Å²) in [5, 5.41) is 22.3. The van der Waals surface area contributed by atoms with Crippen LogP contribution in [0.25, 0.3) is 0 Å². The fraction of sp³-hybridized carbons (Fsp3) is 0.600. The highest BCUT2D eigenvalue weighted by Crippen LogP contribution is 2.21. The summed E-state index contributed by atoms with van der Waals surface area (Å²) in [6.45, 7) is 1.49. The van der Waals surface area contributed by atoms with Crippen LogP contribution in [0.15, 0.2) is 11.2 Å². The molecular weight excluding hydrogens is 254 g/mol. The van der Waals surface area contributed by atoms with Gasteiger partial charge in [-0.1, -0.05) is 18.7 Å². The van der Waals surface area contributed by atoms with E-state index in [1.54, 1.807) is 6.07 Å². The second-order valence-electron chi connectivity index (χ2n) is 3.84. The lowest BCUT2D eigenvalue weighted by atomic mass is 9.98. The van der Waals surface area contributed by atoms with Gasteiger partial charge in [-0.15, -0.1) is 0 Å². The summed E-state index contributed by atoms with van der Waals surface area (Å²) in [6, 6.07) is 1.62. The second kappa shape index (κ2) is 6.74. The molecule has 0 aliphatic carbocycles. The molecule has 7 nitrogen and oxygen atoms in total. The van der Waals surface area contributed by atoms with Crippen molar-refractivity contribution in [3.8, 4) is 0 Å². The van der Waals surface area contributed by atoms with Crippen LogP contribution in [0, 0.1) is 0 Å². The van der Waals surface area contributed by atoms with E-state index in [1.165, 1.54) is 11.8 Å². The van der Waals surface area contributed by atoms with Gasteiger partial charge in [-0.3, -0.25) is 0 Å². The Labute approximate surface area is 110 Å². The van der Waals surface area contributed by atoms with Crippen LogP contribution in [-0.2, 0) is 0 Å². The van der Waals surface area contributed by atoms with Crippen LogP contribution in [0.2, 0.25) is 0 Å². The number of hydrogen-bond donors (Lipinski definition) is 5. The van der Waals surface area contributed by atoms with Gasteiger partial charge in [0.15, 0.2) is 5.16 Å². The van der Waals surface area contributed by atoms with E-state index in [0.29, 0.717) is 23.2 Å². The Hall–Kier alpha value is -1.09. The van der Waals surface area contributed by atoms with Crippen molar-refractivity contribution in [2.45, 2.75) is 24.0 Å². The average molecular weight is 273 g/mol. The Balaban J connectivity index is 3.01. The van der Waals surface area contributed by atoms with E-state index in [0.717, 1.165) is 0 Å². The van der Waals surface area contributed by atoms with Gasteiger partial charge in [0.2, 0.25) is 0 Å². The minimum Gasteiger partial charge on any atom is -0.394 e. The number of thioether (sulfide) groups is 1. The summed E-state index contributed by atoms with van der Waals surface area (Å²) in [5.74, 6) is 6.30. The third-order valence-electron chi connectivity index (χ3n) is 2.71. The van der Waals surface area contributed by atoms with Gasteiger partial charge in [-0.05, 0) is 12.7 Å². The number of aliphatic hydroxyl groups excluding tert-OH is 2. The predicted molar refractivity (Wildman–Crippen MR) is 72.4 cm³/mol. The van der Waals surface area contributed by atoms with E-state index < -0.39 is 5.54 Å². The molecule has 0 spiro atoms. The fourth-order valence-corrected chi connectivity index (χ4v) is 1.75. The lowest BCUT2D eigenvalue weighted by Gasteiger charge is -2.30. The zero-order valence-electron chi connectivity index (χ0n) is 10.5. The maximum absolute atomic E-state index is 9.38. The van der Waals surface area contributed by atoms with Gasteiger partial charge in [0.1, 0.15) is 11.6 Å². The standard InChI is InChI=1S/C10H19N5O2S/c1-3-10(5-16,6-17)14-7-4-8(15-11)13-9(12-7)18-2/h4,16-17H,3,5-6,11H2,1-2H3,(H2,12,13,14,15). The number of nitrogens with two attached hydrogens (primary N) is 1. The molecule has 8 heteroatoms. The Morgan fingerprint density at radius 1 is 1.33 bits per heavy atom. The number of nitrogens with one attached hydrogen (secondary N) is 2. The number of hydrazine groups is 1. The zero-order valence-corrected chi connectivity index (χ0v) is 11.3. The molecule has 0 fully saturated rings. The van der Waals surface area contributed by atoms with Crippen LogP contribution < -0.4 is 16.6 Å². The molecule has 0 atom stereocenters. The highest BCUT2D eigenvalue weighted by atomic mass is 32.2. The van der Waals surface area contributed by atoms with Gasteiger partial charge in [0.25, 0.3) is 0 Å². The Morgan fingerprint density at radius 3 is 2.39 bits per heavy atom. The Bertz CT molecular complexity index is 356. The topological polar surface area (TPSA) is 116 Å². The summed E-state index contributed by atoms with van der Waals surface area (Å²) < 4.78 is 0.